The van der Waals surface area contributed by atoms with Crippen molar-refractivity contribution in [3.8, 4) is 0 Å². The molecule has 0 saturated heterocycles. The van der Waals surface area contributed by atoms with Gasteiger partial charge in [0.1, 0.15) is 4.60 Å². The van der Waals surface area contributed by atoms with E-state index in [2.05, 4.69) is 20.9 Å². The molecule has 0 fully saturated rings. The summed E-state index contributed by atoms with van der Waals surface area (Å²) in [7, 11) is 0. The molecular formula is C8H7BrF2N2O. The van der Waals surface area contributed by atoms with Crippen LogP contribution in [-0.4, -0.2) is 10.9 Å². The number of aryl methyl sites for hydroxylation is 1. The van der Waals surface area contributed by atoms with E-state index >= 15 is 0 Å². The van der Waals surface area contributed by atoms with Crippen LogP contribution in [0, 0.1) is 6.92 Å². The lowest BCUT2D eigenvalue weighted by atomic mass is 10.1. The van der Waals surface area contributed by atoms with E-state index in [0.717, 1.165) is 0 Å². The molecule has 0 aliphatic carbocycles. The summed E-state index contributed by atoms with van der Waals surface area (Å²) >= 11 is 2.90. The van der Waals surface area contributed by atoms with Gasteiger partial charge in [-0.25, -0.2) is 13.8 Å². The number of nitrogens with two attached hydrogens (primary N) is 1. The topological polar surface area (TPSA) is 56.0 Å². The highest BCUT2D eigenvalue weighted by Gasteiger charge is 2.22. The van der Waals surface area contributed by atoms with E-state index in [1.807, 2.05) is 0 Å². The van der Waals surface area contributed by atoms with Crippen molar-refractivity contribution in [3.05, 3.63) is 27.5 Å². The van der Waals surface area contributed by atoms with E-state index in [-0.39, 0.29) is 21.3 Å². The molecule has 0 bridgehead atoms. The Morgan fingerprint density at radius 1 is 1.64 bits per heavy atom. The lowest BCUT2D eigenvalue weighted by molar-refractivity contribution is 0.0984. The van der Waals surface area contributed by atoms with Gasteiger partial charge in [-0.05, 0) is 28.4 Å². The molecular weight excluding hydrogens is 258 g/mol. The van der Waals surface area contributed by atoms with E-state index in [9.17, 15) is 13.6 Å². The summed E-state index contributed by atoms with van der Waals surface area (Å²) in [5.41, 5.74) is 4.62. The van der Waals surface area contributed by atoms with E-state index < -0.39 is 12.3 Å². The molecule has 1 aromatic rings. The molecule has 0 aliphatic rings. The minimum absolute atomic E-state index is 0.0471. The molecule has 0 atom stereocenters. The average Bonchev–Trinajstić information content (AvgIpc) is 2.07. The van der Waals surface area contributed by atoms with Crippen LogP contribution in [0.2, 0.25) is 0 Å². The summed E-state index contributed by atoms with van der Waals surface area (Å²) < 4.78 is 25.2. The first-order valence-corrected chi connectivity index (χ1v) is 4.47. The summed E-state index contributed by atoms with van der Waals surface area (Å²) in [4.78, 5) is 14.6. The first-order valence-electron chi connectivity index (χ1n) is 3.68. The van der Waals surface area contributed by atoms with Crippen LogP contribution in [0.3, 0.4) is 0 Å². The van der Waals surface area contributed by atoms with E-state index in [1.54, 1.807) is 0 Å². The van der Waals surface area contributed by atoms with Gasteiger partial charge in [-0.1, -0.05) is 0 Å². The molecule has 0 unspecified atom stereocenters. The van der Waals surface area contributed by atoms with Crippen molar-refractivity contribution in [3.63, 3.8) is 0 Å². The number of amides is 1. The van der Waals surface area contributed by atoms with Crippen LogP contribution in [0.4, 0.5) is 8.78 Å². The smallest absolute Gasteiger partial charge is 0.265 e. The maximum absolute atomic E-state index is 12.6. The minimum atomic E-state index is -2.74. The van der Waals surface area contributed by atoms with Crippen LogP contribution >= 0.6 is 15.9 Å². The Morgan fingerprint density at radius 2 is 2.21 bits per heavy atom. The van der Waals surface area contributed by atoms with Crippen molar-refractivity contribution < 1.29 is 13.6 Å². The lowest BCUT2D eigenvalue weighted by Crippen LogP contribution is -2.16. The molecule has 0 radical (unpaired) electrons. The summed E-state index contributed by atoms with van der Waals surface area (Å²) in [6.07, 6.45) is -1.48. The third kappa shape index (κ3) is 1.89. The van der Waals surface area contributed by atoms with Gasteiger partial charge in [0.25, 0.3) is 12.3 Å². The summed E-state index contributed by atoms with van der Waals surface area (Å²) in [5, 5.41) is 0. The molecule has 1 rings (SSSR count). The van der Waals surface area contributed by atoms with Crippen molar-refractivity contribution in [2.45, 2.75) is 13.3 Å². The van der Waals surface area contributed by atoms with Crippen molar-refractivity contribution >= 4 is 21.8 Å². The molecule has 1 heterocycles. The van der Waals surface area contributed by atoms with Gasteiger partial charge in [0.05, 0.1) is 5.56 Å². The maximum atomic E-state index is 12.6. The molecule has 0 spiro atoms. The largest absolute Gasteiger partial charge is 0.366 e. The number of pyridine rings is 1. The Kier molecular flexibility index (Phi) is 3.15. The standard InChI is InChI=1S/C8H7BrF2N2O/c1-3-2-13-6(9)5(8(12)14)4(3)7(10)11/h2,7H,1H3,(H2,12,14). The Labute approximate surface area is 87.4 Å². The molecule has 0 aromatic carbocycles. The lowest BCUT2D eigenvalue weighted by Gasteiger charge is -2.09. The molecule has 0 saturated carbocycles. The number of carbonyl (C=O) groups is 1. The number of hydrogen-bond donors (Lipinski definition) is 1. The number of rotatable bonds is 2. The van der Waals surface area contributed by atoms with Crippen molar-refractivity contribution in [2.75, 3.05) is 0 Å². The Hall–Kier alpha value is -1.04. The fraction of sp³-hybridized carbons (Fsp3) is 0.250. The second-order valence-corrected chi connectivity index (χ2v) is 3.44. The van der Waals surface area contributed by atoms with E-state index in [0.29, 0.717) is 0 Å². The second kappa shape index (κ2) is 4.00. The zero-order chi connectivity index (χ0) is 10.9. The van der Waals surface area contributed by atoms with Crippen LogP contribution in [0.1, 0.15) is 27.9 Å². The number of halogens is 3. The Morgan fingerprint density at radius 3 is 2.57 bits per heavy atom. The van der Waals surface area contributed by atoms with E-state index in [1.165, 1.54) is 13.1 Å². The Balaban J connectivity index is 3.50. The number of primary amides is 1. The number of carbonyl (C=O) groups excluding carboxylic acids is 1. The minimum Gasteiger partial charge on any atom is -0.366 e. The van der Waals surface area contributed by atoms with Crippen molar-refractivity contribution in [1.29, 1.82) is 0 Å². The zero-order valence-corrected chi connectivity index (χ0v) is 8.81. The van der Waals surface area contributed by atoms with Gasteiger partial charge in [0.15, 0.2) is 0 Å². The van der Waals surface area contributed by atoms with Gasteiger partial charge in [-0.15, -0.1) is 0 Å². The molecule has 3 nitrogen and oxygen atoms in total. The molecule has 1 amide bonds. The highest BCUT2D eigenvalue weighted by molar-refractivity contribution is 9.10. The maximum Gasteiger partial charge on any atom is 0.265 e. The van der Waals surface area contributed by atoms with Crippen molar-refractivity contribution in [1.82, 2.24) is 4.98 Å². The highest BCUT2D eigenvalue weighted by atomic mass is 79.9. The fourth-order valence-electron chi connectivity index (χ4n) is 1.11. The van der Waals surface area contributed by atoms with Crippen LogP contribution in [0.15, 0.2) is 10.8 Å². The summed E-state index contributed by atoms with van der Waals surface area (Å²) in [6.45, 7) is 1.45. The Bertz CT molecular complexity index is 382. The third-order valence-corrected chi connectivity index (χ3v) is 2.34. The highest BCUT2D eigenvalue weighted by Crippen LogP contribution is 2.29. The molecule has 2 N–H and O–H groups in total. The number of aromatic nitrogens is 1. The van der Waals surface area contributed by atoms with E-state index in [4.69, 9.17) is 5.73 Å². The SMILES string of the molecule is Cc1cnc(Br)c(C(N)=O)c1C(F)F. The number of alkyl halides is 2. The van der Waals surface area contributed by atoms with Gasteiger partial charge in [0.2, 0.25) is 0 Å². The van der Waals surface area contributed by atoms with Gasteiger partial charge in [0, 0.05) is 11.8 Å². The monoisotopic (exact) mass is 264 g/mol. The first-order chi connectivity index (χ1) is 6.45. The normalized spacial score (nSPS) is 10.6. The quantitative estimate of drug-likeness (QED) is 0.833. The molecule has 1 aromatic heterocycles. The predicted molar refractivity (Wildman–Crippen MR) is 50.1 cm³/mol. The van der Waals surface area contributed by atoms with Crippen LogP contribution in [0.25, 0.3) is 0 Å². The third-order valence-electron chi connectivity index (χ3n) is 1.74. The van der Waals surface area contributed by atoms with Gasteiger partial charge >= 0.3 is 0 Å². The van der Waals surface area contributed by atoms with Gasteiger partial charge in [-0.2, -0.15) is 0 Å². The molecule has 76 valence electrons. The number of nitrogens with zero attached hydrogens (tertiary/aromatic N) is 1. The van der Waals surface area contributed by atoms with Crippen LogP contribution < -0.4 is 5.73 Å². The second-order valence-electron chi connectivity index (χ2n) is 2.69. The van der Waals surface area contributed by atoms with Gasteiger partial charge < -0.3 is 5.73 Å². The molecule has 0 aliphatic heterocycles. The van der Waals surface area contributed by atoms with Crippen molar-refractivity contribution in [2.24, 2.45) is 5.73 Å². The summed E-state index contributed by atoms with van der Waals surface area (Å²) in [5.74, 6) is -0.914. The van der Waals surface area contributed by atoms with Gasteiger partial charge in [-0.3, -0.25) is 4.79 Å². The zero-order valence-electron chi connectivity index (χ0n) is 7.22. The predicted octanol–water partition coefficient (Wildman–Crippen LogP) is 2.19. The molecule has 6 heteroatoms. The first kappa shape index (κ1) is 11.0. The molecule has 14 heavy (non-hydrogen) atoms. The van der Waals surface area contributed by atoms with Crippen LogP contribution in [-0.2, 0) is 0 Å². The van der Waals surface area contributed by atoms with Crippen LogP contribution in [0.5, 0.6) is 0 Å². The average molecular weight is 265 g/mol. The number of hydrogen-bond acceptors (Lipinski definition) is 2. The summed E-state index contributed by atoms with van der Waals surface area (Å²) in [6, 6.07) is 0. The fourth-order valence-corrected chi connectivity index (χ4v) is 1.62.